The summed E-state index contributed by atoms with van der Waals surface area (Å²) < 4.78 is 5.34. The summed E-state index contributed by atoms with van der Waals surface area (Å²) in [5.74, 6) is -1.38. The van der Waals surface area contributed by atoms with Crippen molar-refractivity contribution < 1.29 is 19.4 Å². The summed E-state index contributed by atoms with van der Waals surface area (Å²) in [4.78, 5) is 27.4. The van der Waals surface area contributed by atoms with Crippen molar-refractivity contribution >= 4 is 23.3 Å². The monoisotopic (exact) mass is 340 g/mol. The molecule has 0 saturated carbocycles. The number of benzene rings is 2. The minimum atomic E-state index is -1.05. The Morgan fingerprint density at radius 1 is 1.00 bits per heavy atom. The van der Waals surface area contributed by atoms with Gasteiger partial charge in [0.15, 0.2) is 0 Å². The highest BCUT2D eigenvalue weighted by atomic mass is 16.5. The van der Waals surface area contributed by atoms with Crippen LogP contribution >= 0.6 is 0 Å². The quantitative estimate of drug-likeness (QED) is 0.904. The lowest BCUT2D eigenvalue weighted by molar-refractivity contribution is -0.135. The third-order valence-corrected chi connectivity index (χ3v) is 4.10. The summed E-state index contributed by atoms with van der Waals surface area (Å²) in [5, 5.41) is 9.14. The number of anilines is 2. The topological polar surface area (TPSA) is 70.1 Å². The number of amides is 1. The highest BCUT2D eigenvalue weighted by molar-refractivity contribution is 6.08. The van der Waals surface area contributed by atoms with Gasteiger partial charge < -0.3 is 14.7 Å². The number of rotatable bonds is 5. The number of aliphatic carboxylic acids is 1. The van der Waals surface area contributed by atoms with Crippen molar-refractivity contribution in [2.24, 2.45) is 0 Å². The average Bonchev–Trinajstić information content (AvgIpc) is 2.67. The van der Waals surface area contributed by atoms with Crippen molar-refractivity contribution in [2.75, 3.05) is 42.6 Å². The molecule has 0 radical (unpaired) electrons. The lowest BCUT2D eigenvalue weighted by Crippen LogP contribution is -2.36. The van der Waals surface area contributed by atoms with Crippen LogP contribution in [0.1, 0.15) is 10.4 Å². The van der Waals surface area contributed by atoms with Crippen LogP contribution in [0.5, 0.6) is 0 Å². The van der Waals surface area contributed by atoms with Gasteiger partial charge >= 0.3 is 5.97 Å². The van der Waals surface area contributed by atoms with Crippen LogP contribution in [0.3, 0.4) is 0 Å². The Kier molecular flexibility index (Phi) is 5.30. The molecular weight excluding hydrogens is 320 g/mol. The first-order chi connectivity index (χ1) is 12.1. The van der Waals surface area contributed by atoms with Crippen molar-refractivity contribution in [1.29, 1.82) is 0 Å². The van der Waals surface area contributed by atoms with Gasteiger partial charge in [-0.3, -0.25) is 14.5 Å². The zero-order valence-electron chi connectivity index (χ0n) is 13.8. The van der Waals surface area contributed by atoms with Crippen molar-refractivity contribution in [1.82, 2.24) is 0 Å². The fraction of sp³-hybridized carbons (Fsp3) is 0.263. The number of carboxylic acids is 1. The van der Waals surface area contributed by atoms with Gasteiger partial charge in [-0.25, -0.2) is 0 Å². The number of para-hydroxylation sites is 1. The van der Waals surface area contributed by atoms with Crippen LogP contribution in [0.25, 0.3) is 0 Å². The molecule has 1 amide bonds. The van der Waals surface area contributed by atoms with E-state index in [9.17, 15) is 9.59 Å². The maximum Gasteiger partial charge on any atom is 0.323 e. The number of carbonyl (C=O) groups excluding carboxylic acids is 1. The van der Waals surface area contributed by atoms with E-state index in [2.05, 4.69) is 4.90 Å². The molecule has 6 nitrogen and oxygen atoms in total. The van der Waals surface area contributed by atoms with E-state index in [1.54, 1.807) is 36.4 Å². The molecule has 1 N–H and O–H groups in total. The lowest BCUT2D eigenvalue weighted by atomic mass is 10.1. The smallest absolute Gasteiger partial charge is 0.323 e. The lowest BCUT2D eigenvalue weighted by Gasteiger charge is -2.29. The Morgan fingerprint density at radius 2 is 1.64 bits per heavy atom. The molecule has 0 spiro atoms. The molecule has 1 heterocycles. The van der Waals surface area contributed by atoms with E-state index in [0.717, 1.165) is 18.8 Å². The van der Waals surface area contributed by atoms with Crippen LogP contribution < -0.4 is 9.80 Å². The largest absolute Gasteiger partial charge is 0.480 e. The van der Waals surface area contributed by atoms with E-state index < -0.39 is 5.97 Å². The third kappa shape index (κ3) is 4.16. The van der Waals surface area contributed by atoms with E-state index in [-0.39, 0.29) is 12.5 Å². The molecule has 3 rings (SSSR count). The second kappa shape index (κ2) is 7.81. The number of hydrogen-bond acceptors (Lipinski definition) is 4. The van der Waals surface area contributed by atoms with Gasteiger partial charge in [0.2, 0.25) is 0 Å². The minimum Gasteiger partial charge on any atom is -0.480 e. The van der Waals surface area contributed by atoms with Crippen LogP contribution in [0.15, 0.2) is 54.6 Å². The van der Waals surface area contributed by atoms with Crippen LogP contribution in [0, 0.1) is 0 Å². The summed E-state index contributed by atoms with van der Waals surface area (Å²) in [6.07, 6.45) is 0. The van der Waals surface area contributed by atoms with Gasteiger partial charge in [0.05, 0.1) is 13.2 Å². The molecule has 25 heavy (non-hydrogen) atoms. The molecule has 1 aliphatic rings. The highest BCUT2D eigenvalue weighted by Gasteiger charge is 2.20. The fourth-order valence-electron chi connectivity index (χ4n) is 2.82. The summed E-state index contributed by atoms with van der Waals surface area (Å²) >= 11 is 0. The SMILES string of the molecule is O=C(O)CN(C(=O)c1ccc(N2CCOCC2)cc1)c1ccccc1. The molecule has 6 heteroatoms. The summed E-state index contributed by atoms with van der Waals surface area (Å²) in [5.41, 5.74) is 2.05. The van der Waals surface area contributed by atoms with Gasteiger partial charge in [-0.1, -0.05) is 18.2 Å². The van der Waals surface area contributed by atoms with Crippen molar-refractivity contribution in [2.45, 2.75) is 0 Å². The number of carbonyl (C=O) groups is 2. The first-order valence-corrected chi connectivity index (χ1v) is 8.16. The molecule has 2 aromatic carbocycles. The standard InChI is InChI=1S/C19H20N2O4/c22-18(23)14-21(17-4-2-1-3-5-17)19(24)15-6-8-16(9-7-15)20-10-12-25-13-11-20/h1-9H,10-14H2,(H,22,23). The highest BCUT2D eigenvalue weighted by Crippen LogP contribution is 2.20. The van der Waals surface area contributed by atoms with Gasteiger partial charge in [0, 0.05) is 30.0 Å². The Morgan fingerprint density at radius 3 is 2.24 bits per heavy atom. The summed E-state index contributed by atoms with van der Waals surface area (Å²) in [6.45, 7) is 2.65. The first-order valence-electron chi connectivity index (χ1n) is 8.16. The van der Waals surface area contributed by atoms with E-state index >= 15 is 0 Å². The Labute approximate surface area is 146 Å². The van der Waals surface area contributed by atoms with Gasteiger partial charge in [-0.05, 0) is 36.4 Å². The number of nitrogens with zero attached hydrogens (tertiary/aromatic N) is 2. The van der Waals surface area contributed by atoms with Crippen LogP contribution in [-0.4, -0.2) is 49.8 Å². The Bertz CT molecular complexity index is 725. The number of morpholine rings is 1. The fourth-order valence-corrected chi connectivity index (χ4v) is 2.82. The van der Waals surface area contributed by atoms with Gasteiger partial charge in [-0.2, -0.15) is 0 Å². The molecule has 1 aliphatic heterocycles. The predicted octanol–water partition coefficient (Wildman–Crippen LogP) is 2.25. The third-order valence-electron chi connectivity index (χ3n) is 4.10. The van der Waals surface area contributed by atoms with E-state index in [1.165, 1.54) is 4.90 Å². The molecule has 130 valence electrons. The number of ether oxygens (including phenoxy) is 1. The van der Waals surface area contributed by atoms with Crippen LogP contribution in [0.2, 0.25) is 0 Å². The van der Waals surface area contributed by atoms with E-state index in [4.69, 9.17) is 9.84 Å². The molecule has 1 saturated heterocycles. The van der Waals surface area contributed by atoms with Crippen molar-refractivity contribution in [3.8, 4) is 0 Å². The molecule has 0 aliphatic carbocycles. The van der Waals surface area contributed by atoms with E-state index in [1.807, 2.05) is 18.2 Å². The zero-order chi connectivity index (χ0) is 17.6. The summed E-state index contributed by atoms with van der Waals surface area (Å²) in [7, 11) is 0. The molecular formula is C19H20N2O4. The van der Waals surface area contributed by atoms with Gasteiger partial charge in [0.25, 0.3) is 5.91 Å². The average molecular weight is 340 g/mol. The molecule has 0 atom stereocenters. The second-order valence-corrected chi connectivity index (χ2v) is 5.77. The van der Waals surface area contributed by atoms with Crippen LogP contribution in [0.4, 0.5) is 11.4 Å². The predicted molar refractivity (Wildman–Crippen MR) is 95.2 cm³/mol. The van der Waals surface area contributed by atoms with Gasteiger partial charge in [0.1, 0.15) is 6.54 Å². The number of carboxylic acid groups (broad SMARTS) is 1. The molecule has 0 unspecified atom stereocenters. The van der Waals surface area contributed by atoms with Crippen LogP contribution in [-0.2, 0) is 9.53 Å². The summed E-state index contributed by atoms with van der Waals surface area (Å²) in [6, 6.07) is 16.1. The Hall–Kier alpha value is -2.86. The number of hydrogen-bond donors (Lipinski definition) is 1. The molecule has 2 aromatic rings. The zero-order valence-corrected chi connectivity index (χ0v) is 13.8. The maximum absolute atomic E-state index is 12.8. The molecule has 0 aromatic heterocycles. The van der Waals surface area contributed by atoms with Gasteiger partial charge in [-0.15, -0.1) is 0 Å². The minimum absolute atomic E-state index is 0.331. The van der Waals surface area contributed by atoms with Crippen molar-refractivity contribution in [3.05, 3.63) is 60.2 Å². The Balaban J connectivity index is 1.80. The normalized spacial score (nSPS) is 14.2. The molecule has 0 bridgehead atoms. The second-order valence-electron chi connectivity index (χ2n) is 5.77. The molecule has 1 fully saturated rings. The van der Waals surface area contributed by atoms with E-state index in [0.29, 0.717) is 24.5 Å². The first kappa shape index (κ1) is 17.0. The maximum atomic E-state index is 12.8. The van der Waals surface area contributed by atoms with Crippen molar-refractivity contribution in [3.63, 3.8) is 0 Å².